The van der Waals surface area contributed by atoms with Gasteiger partial charge in [-0.3, -0.25) is 0 Å². The molecule has 19 aromatic rings. The first-order valence-corrected chi connectivity index (χ1v) is 43.5. The largest absolute Gasteiger partial charge is 0.0763 e. The molecule has 19 aromatic carbocycles. The van der Waals surface area contributed by atoms with E-state index in [-0.39, 0.29) is 0 Å². The Morgan fingerprint density at radius 2 is 0.448 bits per heavy atom. The molecular formula is C125H102. The molecule has 0 amide bonds. The predicted molar refractivity (Wildman–Crippen MR) is 538 cm³/mol. The SMILES string of the molecule is Cc1cc(-c2ccccc2)cc(-c2ccccc2)c1-c1ccccc1.Cc1ccc(-c2ccccc2-c2cccc(-c3ccccc3)c2)cc1.Cc1cccc(-c2ccccc2-c2cccc(-c3ccccc3)c2)c1.Cc1ccccc1-c1cccc(-c2cccc(-c3ccccc3)c2)c1.Cc1ccccc1-c1ccccc1C1=CC(c2ccccc2)=CCC1. The molecule has 0 N–H and O–H groups in total. The van der Waals surface area contributed by atoms with E-state index in [9.17, 15) is 0 Å². The van der Waals surface area contributed by atoms with Gasteiger partial charge in [-0.1, -0.05) is 484 Å². The number of rotatable bonds is 15. The lowest BCUT2D eigenvalue weighted by atomic mass is 9.86. The summed E-state index contributed by atoms with van der Waals surface area (Å²) in [5, 5.41) is 0. The lowest BCUT2D eigenvalue weighted by molar-refractivity contribution is 1.06. The standard InChI is InChI=1S/3C25H20.C25H22.C25H20/c1-19-17-23(20-11-5-2-6-12-20)18-24(21-13-7-3-8-14-21)25(19)22-15-9-4-10-16-22;1-19-9-7-13-22(17-19)24-15-5-6-16-25(24)23-14-8-12-21(18-23)20-10-3-2-4-11-20;1-19-9-5-6-16-25(19)24-15-8-14-23(18-24)22-13-7-12-21(17-22)20-10-3-2-4-11-20;1-19-10-5-6-15-23(19)25-17-8-7-16-24(25)22-14-9-13-21(18-22)20-11-3-2-4-12-20;1-19-14-16-21(17-15-19)24-12-5-6-13-25(24)23-11-7-10-22(18-23)20-8-3-2-4-9-20/h3*2-18H,1H3;2-8,10-13,15-18H,9,14H2,1H3;2-18H,1H3. The monoisotopic (exact) mass is 1600 g/mol. The van der Waals surface area contributed by atoms with Gasteiger partial charge < -0.3 is 0 Å². The highest BCUT2D eigenvalue weighted by Gasteiger charge is 2.18. The van der Waals surface area contributed by atoms with Crippen molar-refractivity contribution in [1.29, 1.82) is 0 Å². The first-order chi connectivity index (χ1) is 61.6. The van der Waals surface area contributed by atoms with E-state index in [2.05, 4.69) is 538 Å². The van der Waals surface area contributed by atoms with Crippen LogP contribution >= 0.6 is 0 Å². The summed E-state index contributed by atoms with van der Waals surface area (Å²) < 4.78 is 0. The molecule has 0 aliphatic heterocycles. The second-order valence-corrected chi connectivity index (χ2v) is 32.0. The van der Waals surface area contributed by atoms with Crippen LogP contribution in [0.5, 0.6) is 0 Å². The maximum atomic E-state index is 2.37. The van der Waals surface area contributed by atoms with Crippen molar-refractivity contribution in [3.05, 3.63) is 542 Å². The normalized spacial score (nSPS) is 11.3. The molecule has 0 fully saturated rings. The van der Waals surface area contributed by atoms with E-state index < -0.39 is 0 Å². The Hall–Kier alpha value is -15.3. The van der Waals surface area contributed by atoms with Crippen LogP contribution in [0.3, 0.4) is 0 Å². The summed E-state index contributed by atoms with van der Waals surface area (Å²) in [6.45, 7) is 10.8. The minimum absolute atomic E-state index is 1.10. The van der Waals surface area contributed by atoms with Crippen molar-refractivity contribution in [1.82, 2.24) is 0 Å². The molecule has 1 aliphatic carbocycles. The Bertz CT molecular complexity index is 6820. The zero-order valence-electron chi connectivity index (χ0n) is 71.8. The van der Waals surface area contributed by atoms with Crippen LogP contribution in [0.4, 0.5) is 0 Å². The molecule has 125 heavy (non-hydrogen) atoms. The third-order valence-corrected chi connectivity index (χ3v) is 23.2. The summed E-state index contributed by atoms with van der Waals surface area (Å²) in [4.78, 5) is 0. The van der Waals surface area contributed by atoms with E-state index in [1.807, 2.05) is 0 Å². The lowest BCUT2D eigenvalue weighted by Gasteiger charge is -2.18. The minimum atomic E-state index is 1.10. The van der Waals surface area contributed by atoms with Gasteiger partial charge in [-0.2, -0.15) is 0 Å². The van der Waals surface area contributed by atoms with E-state index >= 15 is 0 Å². The van der Waals surface area contributed by atoms with Crippen LogP contribution < -0.4 is 0 Å². The molecule has 1 aliphatic rings. The average Bonchev–Trinajstić information content (AvgIpc) is 0.790. The number of allylic oxidation sites excluding steroid dienone is 4. The Morgan fingerprint density at radius 1 is 0.152 bits per heavy atom. The van der Waals surface area contributed by atoms with Gasteiger partial charge in [0, 0.05) is 0 Å². The van der Waals surface area contributed by atoms with Crippen LogP contribution in [-0.2, 0) is 0 Å². The van der Waals surface area contributed by atoms with Gasteiger partial charge in [0.25, 0.3) is 0 Å². The van der Waals surface area contributed by atoms with Gasteiger partial charge in [-0.05, 0) is 261 Å². The first-order valence-electron chi connectivity index (χ1n) is 43.5. The summed E-state index contributed by atoms with van der Waals surface area (Å²) in [7, 11) is 0. The van der Waals surface area contributed by atoms with E-state index in [1.54, 1.807) is 0 Å². The van der Waals surface area contributed by atoms with Gasteiger partial charge in [0.15, 0.2) is 0 Å². The smallest absolute Gasteiger partial charge is 0.00757 e. The molecule has 0 heterocycles. The van der Waals surface area contributed by atoms with Gasteiger partial charge in [0.2, 0.25) is 0 Å². The minimum Gasteiger partial charge on any atom is -0.0763 e. The van der Waals surface area contributed by atoms with Gasteiger partial charge >= 0.3 is 0 Å². The molecule has 0 aromatic heterocycles. The molecule has 0 unspecified atom stereocenters. The van der Waals surface area contributed by atoms with Crippen LogP contribution in [0.15, 0.2) is 504 Å². The zero-order chi connectivity index (χ0) is 85.3. The van der Waals surface area contributed by atoms with Crippen LogP contribution in [0, 0.1) is 34.6 Å². The number of hydrogen-bond donors (Lipinski definition) is 0. The topological polar surface area (TPSA) is 0 Å². The quantitative estimate of drug-likeness (QED) is 0.0960. The molecule has 0 radical (unpaired) electrons. The van der Waals surface area contributed by atoms with Crippen molar-refractivity contribution in [2.45, 2.75) is 47.5 Å². The molecule has 0 bridgehead atoms. The third-order valence-electron chi connectivity index (χ3n) is 23.2. The molecule has 0 heteroatoms. The van der Waals surface area contributed by atoms with E-state index in [1.165, 1.54) is 195 Å². The molecule has 0 saturated carbocycles. The fraction of sp³-hybridized carbons (Fsp3) is 0.0560. The maximum Gasteiger partial charge on any atom is -0.00757 e. The highest BCUT2D eigenvalue weighted by Crippen LogP contribution is 2.43. The van der Waals surface area contributed by atoms with E-state index in [0.717, 1.165) is 12.8 Å². The fourth-order valence-corrected chi connectivity index (χ4v) is 16.8. The van der Waals surface area contributed by atoms with Crippen LogP contribution in [0.2, 0.25) is 0 Å². The predicted octanol–water partition coefficient (Wildman–Crippen LogP) is 34.9. The average molecular weight is 1600 g/mol. The molecule has 602 valence electrons. The summed E-state index contributed by atoms with van der Waals surface area (Å²) in [6, 6.07) is 175. The van der Waals surface area contributed by atoms with E-state index in [4.69, 9.17) is 0 Å². The van der Waals surface area contributed by atoms with Crippen molar-refractivity contribution in [2.75, 3.05) is 0 Å². The van der Waals surface area contributed by atoms with Gasteiger partial charge in [0.05, 0.1) is 0 Å². The number of aryl methyl sites for hydroxylation is 5. The van der Waals surface area contributed by atoms with Crippen molar-refractivity contribution < 1.29 is 0 Å². The van der Waals surface area contributed by atoms with Crippen LogP contribution in [-0.4, -0.2) is 0 Å². The molecular weight excluding hydrogens is 1500 g/mol. The molecule has 20 rings (SSSR count). The second-order valence-electron chi connectivity index (χ2n) is 32.0. The zero-order valence-corrected chi connectivity index (χ0v) is 71.8. The Balaban J connectivity index is 0.000000115. The molecule has 0 spiro atoms. The van der Waals surface area contributed by atoms with Crippen molar-refractivity contribution in [2.24, 2.45) is 0 Å². The fourth-order valence-electron chi connectivity index (χ4n) is 16.8. The van der Waals surface area contributed by atoms with Crippen molar-refractivity contribution in [3.8, 4) is 145 Å². The second kappa shape index (κ2) is 41.3. The van der Waals surface area contributed by atoms with Crippen molar-refractivity contribution >= 4 is 11.1 Å². The van der Waals surface area contributed by atoms with Gasteiger partial charge in [0.1, 0.15) is 0 Å². The lowest BCUT2D eigenvalue weighted by Crippen LogP contribution is -1.96. The van der Waals surface area contributed by atoms with Gasteiger partial charge in [-0.25, -0.2) is 0 Å². The van der Waals surface area contributed by atoms with Crippen LogP contribution in [0.1, 0.15) is 51.8 Å². The number of hydrogen-bond acceptors (Lipinski definition) is 0. The molecule has 0 atom stereocenters. The summed E-state index contributed by atoms with van der Waals surface area (Å²) in [6.07, 6.45) is 6.92. The Kier molecular flexibility index (Phi) is 27.5. The Labute approximate surface area is 740 Å². The third kappa shape index (κ3) is 21.2. The van der Waals surface area contributed by atoms with Crippen LogP contribution in [0.25, 0.3) is 156 Å². The van der Waals surface area contributed by atoms with Gasteiger partial charge in [-0.15, -0.1) is 0 Å². The van der Waals surface area contributed by atoms with Crippen molar-refractivity contribution in [3.63, 3.8) is 0 Å². The molecule has 0 nitrogen and oxygen atoms in total. The highest BCUT2D eigenvalue weighted by atomic mass is 14.2. The summed E-state index contributed by atoms with van der Waals surface area (Å²) in [5.74, 6) is 0. The maximum absolute atomic E-state index is 2.37. The highest BCUT2D eigenvalue weighted by molar-refractivity contribution is 5.93. The number of benzene rings is 19. The first kappa shape index (κ1) is 83.3. The summed E-state index contributed by atoms with van der Waals surface area (Å²) in [5.41, 5.74) is 44.8. The molecule has 0 saturated heterocycles. The van der Waals surface area contributed by atoms with E-state index in [0.29, 0.717) is 0 Å². The summed E-state index contributed by atoms with van der Waals surface area (Å²) >= 11 is 0. The Morgan fingerprint density at radius 3 is 0.880 bits per heavy atom.